The van der Waals surface area contributed by atoms with Gasteiger partial charge in [0.05, 0.1) is 0 Å². The lowest BCUT2D eigenvalue weighted by Crippen LogP contribution is -2.07. The number of nitrogens with zero attached hydrogens (tertiary/aromatic N) is 1. The van der Waals surface area contributed by atoms with Crippen LogP contribution in [0.15, 0.2) is 29.3 Å². The highest BCUT2D eigenvalue weighted by Gasteiger charge is 2.09. The minimum Gasteiger partial charge on any atom is -0.277 e. The number of aryl methyl sites for hydroxylation is 1. The summed E-state index contributed by atoms with van der Waals surface area (Å²) < 4.78 is 1.55. The molecule has 3 heteroatoms. The number of fused-ring (bicyclic) bond motifs is 1. The van der Waals surface area contributed by atoms with E-state index in [1.165, 1.54) is 23.1 Å². The van der Waals surface area contributed by atoms with Gasteiger partial charge in [0, 0.05) is 11.1 Å². The van der Waals surface area contributed by atoms with Gasteiger partial charge in [-0.3, -0.25) is 9.10 Å². The number of rotatable bonds is 1. The average molecular weight is 191 g/mol. The van der Waals surface area contributed by atoms with Crippen LogP contribution in [0.5, 0.6) is 0 Å². The quantitative estimate of drug-likeness (QED) is 0.502. The van der Waals surface area contributed by atoms with Gasteiger partial charge in [-0.05, 0) is 36.6 Å². The van der Waals surface area contributed by atoms with E-state index in [4.69, 9.17) is 0 Å². The van der Waals surface area contributed by atoms with Gasteiger partial charge < -0.3 is 0 Å². The second-order valence-electron chi connectivity index (χ2n) is 2.91. The van der Waals surface area contributed by atoms with E-state index in [1.54, 1.807) is 10.5 Å². The Morgan fingerprint density at radius 1 is 1.46 bits per heavy atom. The third-order valence-corrected chi connectivity index (χ3v) is 2.86. The van der Waals surface area contributed by atoms with Crippen molar-refractivity contribution in [2.24, 2.45) is 0 Å². The first-order valence-corrected chi connectivity index (χ1v) is 4.77. The van der Waals surface area contributed by atoms with Gasteiger partial charge in [0.2, 0.25) is 6.41 Å². The Morgan fingerprint density at radius 2 is 2.31 bits per heavy atom. The van der Waals surface area contributed by atoms with Crippen LogP contribution in [0.3, 0.4) is 0 Å². The second-order valence-corrected chi connectivity index (χ2v) is 3.96. The molecule has 1 heterocycles. The molecule has 1 aliphatic rings. The Hall–Kier alpha value is -1.22. The molecule has 0 saturated carbocycles. The number of carbonyl (C=O) groups is 1. The molecule has 1 aliphatic heterocycles. The number of amides is 1. The monoisotopic (exact) mass is 191 g/mol. The summed E-state index contributed by atoms with van der Waals surface area (Å²) in [6, 6.07) is 6.20. The van der Waals surface area contributed by atoms with Crippen molar-refractivity contribution in [3.63, 3.8) is 0 Å². The topological polar surface area (TPSA) is 20.3 Å². The molecular weight excluding hydrogens is 182 g/mol. The van der Waals surface area contributed by atoms with Crippen LogP contribution < -0.4 is 0 Å². The molecule has 1 aromatic carbocycles. The normalized spacial score (nSPS) is 14.1. The van der Waals surface area contributed by atoms with Crippen molar-refractivity contribution < 1.29 is 4.79 Å². The first-order chi connectivity index (χ1) is 6.29. The van der Waals surface area contributed by atoms with Crippen LogP contribution in [-0.4, -0.2) is 10.7 Å². The summed E-state index contributed by atoms with van der Waals surface area (Å²) in [5.74, 6) is 0. The maximum atomic E-state index is 10.5. The zero-order valence-electron chi connectivity index (χ0n) is 7.23. The first-order valence-electron chi connectivity index (χ1n) is 4.00. The van der Waals surface area contributed by atoms with Gasteiger partial charge in [-0.2, -0.15) is 0 Å². The van der Waals surface area contributed by atoms with Crippen LogP contribution in [0.25, 0.3) is 6.08 Å². The molecular formula is C10H9NOS. The van der Waals surface area contributed by atoms with E-state index < -0.39 is 0 Å². The van der Waals surface area contributed by atoms with Crippen molar-refractivity contribution in [1.29, 1.82) is 0 Å². The largest absolute Gasteiger partial charge is 0.277 e. The van der Waals surface area contributed by atoms with Gasteiger partial charge in [-0.15, -0.1) is 0 Å². The van der Waals surface area contributed by atoms with Crippen LogP contribution in [-0.2, 0) is 4.79 Å². The average Bonchev–Trinajstić information content (AvgIpc) is 2.17. The van der Waals surface area contributed by atoms with Crippen molar-refractivity contribution in [2.45, 2.75) is 11.8 Å². The van der Waals surface area contributed by atoms with Crippen molar-refractivity contribution in [3.05, 3.63) is 35.5 Å². The third kappa shape index (κ3) is 1.60. The van der Waals surface area contributed by atoms with Gasteiger partial charge in [-0.25, -0.2) is 0 Å². The van der Waals surface area contributed by atoms with Crippen molar-refractivity contribution in [1.82, 2.24) is 4.31 Å². The minimum absolute atomic E-state index is 0.809. The summed E-state index contributed by atoms with van der Waals surface area (Å²) in [6.07, 6.45) is 4.54. The van der Waals surface area contributed by atoms with Crippen molar-refractivity contribution in [3.8, 4) is 0 Å². The van der Waals surface area contributed by atoms with Crippen LogP contribution in [0.1, 0.15) is 11.1 Å². The summed E-state index contributed by atoms with van der Waals surface area (Å²) in [4.78, 5) is 11.6. The zero-order chi connectivity index (χ0) is 9.26. The number of hydrogen-bond acceptors (Lipinski definition) is 2. The van der Waals surface area contributed by atoms with Gasteiger partial charge in [-0.1, -0.05) is 17.7 Å². The highest BCUT2D eigenvalue weighted by Crippen LogP contribution is 2.31. The fourth-order valence-corrected chi connectivity index (χ4v) is 1.99. The molecule has 1 amide bonds. The van der Waals surface area contributed by atoms with Crippen LogP contribution >= 0.6 is 11.9 Å². The molecule has 0 aromatic heterocycles. The lowest BCUT2D eigenvalue weighted by Gasteiger charge is -2.17. The highest BCUT2D eigenvalue weighted by atomic mass is 32.2. The molecule has 0 bridgehead atoms. The molecule has 0 radical (unpaired) electrons. The van der Waals surface area contributed by atoms with E-state index in [0.717, 1.165) is 11.3 Å². The summed E-state index contributed by atoms with van der Waals surface area (Å²) in [6.45, 7) is 2.06. The maximum Gasteiger partial charge on any atom is 0.223 e. The van der Waals surface area contributed by atoms with E-state index in [0.29, 0.717) is 0 Å². The predicted molar refractivity (Wildman–Crippen MR) is 54.0 cm³/mol. The summed E-state index contributed by atoms with van der Waals surface area (Å²) in [7, 11) is 0. The van der Waals surface area contributed by atoms with E-state index in [9.17, 15) is 4.79 Å². The molecule has 0 spiro atoms. The maximum absolute atomic E-state index is 10.5. The zero-order valence-corrected chi connectivity index (χ0v) is 8.04. The summed E-state index contributed by atoms with van der Waals surface area (Å²) in [5.41, 5.74) is 2.42. The molecule has 0 N–H and O–H groups in total. The molecule has 2 rings (SSSR count). The van der Waals surface area contributed by atoms with Gasteiger partial charge in [0.15, 0.2) is 0 Å². The molecule has 0 saturated heterocycles. The fraction of sp³-hybridized carbons (Fsp3) is 0.100. The lowest BCUT2D eigenvalue weighted by molar-refractivity contribution is -0.112. The first kappa shape index (κ1) is 8.38. The van der Waals surface area contributed by atoms with E-state index >= 15 is 0 Å². The Balaban J connectivity index is 2.40. The molecule has 0 atom stereocenters. The Labute approximate surface area is 81.4 Å². The number of hydrogen-bond donors (Lipinski definition) is 0. The molecule has 1 aromatic rings. The van der Waals surface area contributed by atoms with E-state index in [1.807, 2.05) is 18.2 Å². The minimum atomic E-state index is 0.809. The molecule has 0 unspecified atom stereocenters. The summed E-state index contributed by atoms with van der Waals surface area (Å²) in [5, 5.41) is 0. The van der Waals surface area contributed by atoms with E-state index in [-0.39, 0.29) is 0 Å². The van der Waals surface area contributed by atoms with Crippen LogP contribution in [0.4, 0.5) is 0 Å². The van der Waals surface area contributed by atoms with Crippen LogP contribution in [0.2, 0.25) is 0 Å². The van der Waals surface area contributed by atoms with Crippen molar-refractivity contribution >= 4 is 24.4 Å². The predicted octanol–water partition coefficient (Wildman–Crippen LogP) is 2.44. The standard InChI is InChI=1S/C10H9NOS/c1-8-2-3-10-9(6-8)4-5-11(7-12)13-10/h2-7H,1H3. The number of carbonyl (C=O) groups excluding carboxylic acids is 1. The SMILES string of the molecule is Cc1ccc2c(c1)C=CN(C=O)S2. The molecule has 2 nitrogen and oxygen atoms in total. The Kier molecular flexibility index (Phi) is 2.10. The molecule has 0 fully saturated rings. The Morgan fingerprint density at radius 3 is 3.08 bits per heavy atom. The van der Waals surface area contributed by atoms with E-state index in [2.05, 4.69) is 13.0 Å². The highest BCUT2D eigenvalue weighted by molar-refractivity contribution is 7.97. The smallest absolute Gasteiger partial charge is 0.223 e. The molecule has 0 aliphatic carbocycles. The third-order valence-electron chi connectivity index (χ3n) is 1.87. The van der Waals surface area contributed by atoms with Crippen molar-refractivity contribution in [2.75, 3.05) is 0 Å². The van der Waals surface area contributed by atoms with Gasteiger partial charge >= 0.3 is 0 Å². The van der Waals surface area contributed by atoms with Gasteiger partial charge in [0.1, 0.15) is 0 Å². The summed E-state index contributed by atoms with van der Waals surface area (Å²) >= 11 is 1.44. The van der Waals surface area contributed by atoms with Gasteiger partial charge in [0.25, 0.3) is 0 Å². The molecule has 13 heavy (non-hydrogen) atoms. The van der Waals surface area contributed by atoms with Crippen LogP contribution in [0, 0.1) is 6.92 Å². The fourth-order valence-electron chi connectivity index (χ4n) is 1.24. The lowest BCUT2D eigenvalue weighted by atomic mass is 10.1. The number of benzene rings is 1. The molecule has 66 valence electrons. The second kappa shape index (κ2) is 3.26. The Bertz CT molecular complexity index is 373.